The number of carbonyl (C=O) groups is 1. The van der Waals surface area contributed by atoms with E-state index in [-0.39, 0.29) is 11.2 Å². The predicted molar refractivity (Wildman–Crippen MR) is 82.7 cm³/mol. The third kappa shape index (κ3) is 3.33. The van der Waals surface area contributed by atoms with Crippen LogP contribution in [0.1, 0.15) is 42.8 Å². The van der Waals surface area contributed by atoms with Crippen LogP contribution >= 0.6 is 34.5 Å². The standard InChI is InChI=1S/C14H19Cl2NOS/c1-9(2)3-4-14(5-6-17-8-14)12(18)11-7-10(15)13(16)19-11/h7,9,17H,3-6,8H2,1-2H3. The van der Waals surface area contributed by atoms with Gasteiger partial charge in [0.2, 0.25) is 0 Å². The topological polar surface area (TPSA) is 29.1 Å². The summed E-state index contributed by atoms with van der Waals surface area (Å²) in [5, 5.41) is 3.81. The highest BCUT2D eigenvalue weighted by molar-refractivity contribution is 7.18. The third-order valence-corrected chi connectivity index (χ3v) is 5.66. The Balaban J connectivity index is 2.21. The van der Waals surface area contributed by atoms with Gasteiger partial charge in [-0.05, 0) is 37.8 Å². The number of halogens is 2. The SMILES string of the molecule is CC(C)CCC1(C(=O)c2cc(Cl)c(Cl)s2)CCNC1. The van der Waals surface area contributed by atoms with Gasteiger partial charge < -0.3 is 5.32 Å². The molecule has 1 atom stereocenters. The first-order valence-electron chi connectivity index (χ1n) is 6.65. The van der Waals surface area contributed by atoms with Crippen LogP contribution in [-0.4, -0.2) is 18.9 Å². The average Bonchev–Trinajstić information content (AvgIpc) is 2.95. The fourth-order valence-corrected chi connectivity index (χ4v) is 3.98. The molecular weight excluding hydrogens is 301 g/mol. The highest BCUT2D eigenvalue weighted by Crippen LogP contribution is 2.40. The molecule has 0 bridgehead atoms. The van der Waals surface area contributed by atoms with Gasteiger partial charge in [-0.2, -0.15) is 0 Å². The van der Waals surface area contributed by atoms with Gasteiger partial charge in [0.05, 0.1) is 9.90 Å². The van der Waals surface area contributed by atoms with Gasteiger partial charge in [-0.15, -0.1) is 11.3 Å². The minimum atomic E-state index is -0.262. The highest BCUT2D eigenvalue weighted by atomic mass is 35.5. The van der Waals surface area contributed by atoms with E-state index in [1.165, 1.54) is 11.3 Å². The van der Waals surface area contributed by atoms with Crippen molar-refractivity contribution in [2.75, 3.05) is 13.1 Å². The summed E-state index contributed by atoms with van der Waals surface area (Å²) in [6, 6.07) is 1.71. The molecular formula is C14H19Cl2NOS. The van der Waals surface area contributed by atoms with Gasteiger partial charge in [-0.3, -0.25) is 4.79 Å². The van der Waals surface area contributed by atoms with Crippen molar-refractivity contribution < 1.29 is 4.79 Å². The van der Waals surface area contributed by atoms with Crippen LogP contribution in [0.2, 0.25) is 9.36 Å². The molecule has 2 heterocycles. The first kappa shape index (κ1) is 15.3. The summed E-state index contributed by atoms with van der Waals surface area (Å²) < 4.78 is 0.509. The summed E-state index contributed by atoms with van der Waals surface area (Å²) in [4.78, 5) is 13.5. The second-order valence-electron chi connectivity index (χ2n) is 5.70. The van der Waals surface area contributed by atoms with E-state index in [0.29, 0.717) is 20.2 Å². The van der Waals surface area contributed by atoms with Gasteiger partial charge in [0, 0.05) is 12.0 Å². The quantitative estimate of drug-likeness (QED) is 0.800. The van der Waals surface area contributed by atoms with E-state index >= 15 is 0 Å². The molecule has 1 aromatic heterocycles. The van der Waals surface area contributed by atoms with Crippen LogP contribution in [0.4, 0.5) is 0 Å². The maximum absolute atomic E-state index is 12.8. The number of nitrogens with one attached hydrogen (secondary N) is 1. The van der Waals surface area contributed by atoms with Crippen LogP contribution in [0.3, 0.4) is 0 Å². The van der Waals surface area contributed by atoms with E-state index in [1.54, 1.807) is 6.07 Å². The van der Waals surface area contributed by atoms with Crippen LogP contribution in [0, 0.1) is 11.3 Å². The van der Waals surface area contributed by atoms with Crippen molar-refractivity contribution >= 4 is 40.3 Å². The molecule has 106 valence electrons. The van der Waals surface area contributed by atoms with E-state index in [0.717, 1.165) is 32.4 Å². The van der Waals surface area contributed by atoms with Gasteiger partial charge >= 0.3 is 0 Å². The Bertz CT molecular complexity index is 445. The van der Waals surface area contributed by atoms with Crippen LogP contribution in [-0.2, 0) is 0 Å². The lowest BCUT2D eigenvalue weighted by Crippen LogP contribution is -2.33. The Hall–Kier alpha value is -0.0900. The maximum atomic E-state index is 12.8. The van der Waals surface area contributed by atoms with Crippen molar-refractivity contribution in [3.8, 4) is 0 Å². The van der Waals surface area contributed by atoms with Crippen molar-refractivity contribution in [1.29, 1.82) is 0 Å². The zero-order valence-corrected chi connectivity index (χ0v) is 13.6. The molecule has 1 unspecified atom stereocenters. The smallest absolute Gasteiger partial charge is 0.180 e. The molecule has 0 aromatic carbocycles. The van der Waals surface area contributed by atoms with Crippen molar-refractivity contribution in [3.63, 3.8) is 0 Å². The number of thiophene rings is 1. The lowest BCUT2D eigenvalue weighted by Gasteiger charge is -2.26. The summed E-state index contributed by atoms with van der Waals surface area (Å²) in [7, 11) is 0. The van der Waals surface area contributed by atoms with Gasteiger partial charge in [-0.1, -0.05) is 37.0 Å². The van der Waals surface area contributed by atoms with Gasteiger partial charge in [0.25, 0.3) is 0 Å². The van der Waals surface area contributed by atoms with Crippen LogP contribution in [0.25, 0.3) is 0 Å². The monoisotopic (exact) mass is 319 g/mol. The third-order valence-electron chi connectivity index (χ3n) is 3.79. The molecule has 0 spiro atoms. The molecule has 1 aromatic rings. The molecule has 0 saturated carbocycles. The molecule has 1 aliphatic rings. The average molecular weight is 320 g/mol. The number of Topliss-reactive ketones (excluding diaryl/α,β-unsaturated/α-hetero) is 1. The van der Waals surface area contributed by atoms with Crippen molar-refractivity contribution in [1.82, 2.24) is 5.32 Å². The molecule has 1 aliphatic heterocycles. The van der Waals surface area contributed by atoms with Crippen molar-refractivity contribution in [2.24, 2.45) is 11.3 Å². The Morgan fingerprint density at radius 1 is 1.53 bits per heavy atom. The largest absolute Gasteiger partial charge is 0.316 e. The molecule has 5 heteroatoms. The van der Waals surface area contributed by atoms with E-state index < -0.39 is 0 Å². The Kier molecular flexibility index (Phi) is 4.93. The Morgan fingerprint density at radius 2 is 2.26 bits per heavy atom. The summed E-state index contributed by atoms with van der Waals surface area (Å²) in [5.41, 5.74) is -0.262. The molecule has 0 aliphatic carbocycles. The first-order chi connectivity index (χ1) is 8.94. The van der Waals surface area contributed by atoms with Crippen molar-refractivity contribution in [2.45, 2.75) is 33.1 Å². The summed E-state index contributed by atoms with van der Waals surface area (Å²) in [6.45, 7) is 6.07. The number of carbonyl (C=O) groups excluding carboxylic acids is 1. The fourth-order valence-electron chi connectivity index (χ4n) is 2.55. The summed E-state index contributed by atoms with van der Waals surface area (Å²) in [6.07, 6.45) is 2.91. The maximum Gasteiger partial charge on any atom is 0.180 e. The number of hydrogen-bond acceptors (Lipinski definition) is 3. The molecule has 0 radical (unpaired) electrons. The van der Waals surface area contributed by atoms with Gasteiger partial charge in [-0.25, -0.2) is 0 Å². The summed E-state index contributed by atoms with van der Waals surface area (Å²) in [5.74, 6) is 0.817. The van der Waals surface area contributed by atoms with Crippen molar-refractivity contribution in [3.05, 3.63) is 20.3 Å². The molecule has 0 amide bonds. The van der Waals surface area contributed by atoms with E-state index in [1.807, 2.05) is 0 Å². The van der Waals surface area contributed by atoms with Crippen LogP contribution < -0.4 is 5.32 Å². The molecule has 2 nitrogen and oxygen atoms in total. The number of ketones is 1. The minimum absolute atomic E-state index is 0.206. The van der Waals surface area contributed by atoms with E-state index in [4.69, 9.17) is 23.2 Å². The second kappa shape index (κ2) is 6.13. The lowest BCUT2D eigenvalue weighted by atomic mass is 9.76. The second-order valence-corrected chi connectivity index (χ2v) is 7.76. The van der Waals surface area contributed by atoms with E-state index in [9.17, 15) is 4.79 Å². The van der Waals surface area contributed by atoms with Crippen LogP contribution in [0.5, 0.6) is 0 Å². The minimum Gasteiger partial charge on any atom is -0.316 e. The normalized spacial score (nSPS) is 23.2. The fraction of sp³-hybridized carbons (Fsp3) is 0.643. The van der Waals surface area contributed by atoms with Gasteiger partial charge in [0.1, 0.15) is 4.34 Å². The molecule has 1 saturated heterocycles. The number of rotatable bonds is 5. The summed E-state index contributed by atoms with van der Waals surface area (Å²) >= 11 is 13.2. The van der Waals surface area contributed by atoms with Crippen LogP contribution in [0.15, 0.2) is 6.07 Å². The highest BCUT2D eigenvalue weighted by Gasteiger charge is 2.41. The lowest BCUT2D eigenvalue weighted by molar-refractivity contribution is 0.0799. The molecule has 1 fully saturated rings. The zero-order valence-electron chi connectivity index (χ0n) is 11.3. The zero-order chi connectivity index (χ0) is 14.0. The first-order valence-corrected chi connectivity index (χ1v) is 8.22. The van der Waals surface area contributed by atoms with E-state index in [2.05, 4.69) is 19.2 Å². The predicted octanol–water partition coefficient (Wildman–Crippen LogP) is 4.65. The van der Waals surface area contributed by atoms with Gasteiger partial charge in [0.15, 0.2) is 5.78 Å². The number of hydrogen-bond donors (Lipinski definition) is 1. The Morgan fingerprint density at radius 3 is 2.74 bits per heavy atom. The molecule has 19 heavy (non-hydrogen) atoms. The Labute approximate surface area is 128 Å². The molecule has 1 N–H and O–H groups in total. The molecule has 2 rings (SSSR count).